The van der Waals surface area contributed by atoms with Crippen LogP contribution in [0.15, 0.2) is 29.4 Å². The average molecular weight is 782 g/mol. The van der Waals surface area contributed by atoms with Crippen molar-refractivity contribution in [3.05, 3.63) is 40.3 Å². The number of nitrogens with zero attached hydrogens (tertiary/aromatic N) is 3. The molecular formula is C40H71N3O10Si. The Morgan fingerprint density at radius 3 is 2.06 bits per heavy atom. The van der Waals surface area contributed by atoms with Crippen LogP contribution in [0.4, 0.5) is 0 Å². The normalized spacial score (nSPS) is 29.3. The first kappa shape index (κ1) is 46.6. The number of aliphatic hydroxyl groups excluding tert-OH is 1. The first-order chi connectivity index (χ1) is 25.8. The van der Waals surface area contributed by atoms with Gasteiger partial charge in [-0.3, -0.25) is 0 Å². The molecule has 0 radical (unpaired) electrons. The van der Waals surface area contributed by atoms with Crippen molar-refractivity contribution in [2.75, 3.05) is 33.5 Å². The summed E-state index contributed by atoms with van der Waals surface area (Å²) in [7, 11) is -0.867. The summed E-state index contributed by atoms with van der Waals surface area (Å²) >= 11 is 0. The second kappa shape index (κ2) is 22.8. The van der Waals surface area contributed by atoms with Crippen LogP contribution in [0.5, 0.6) is 5.75 Å². The van der Waals surface area contributed by atoms with Gasteiger partial charge in [0.05, 0.1) is 26.4 Å². The Morgan fingerprint density at radius 2 is 1.48 bits per heavy atom. The molecule has 0 amide bonds. The van der Waals surface area contributed by atoms with E-state index in [4.69, 9.17) is 42.3 Å². The molecule has 2 heterocycles. The molecule has 0 spiro atoms. The van der Waals surface area contributed by atoms with Crippen LogP contribution < -0.4 is 4.74 Å². The Hall–Kier alpha value is -1.81. The molecule has 13 nitrogen and oxygen atoms in total. The molecule has 54 heavy (non-hydrogen) atoms. The first-order valence-corrected chi connectivity index (χ1v) is 23.1. The molecule has 6 unspecified atom stereocenters. The van der Waals surface area contributed by atoms with Gasteiger partial charge in [0.15, 0.2) is 20.9 Å². The minimum atomic E-state index is -2.49. The second-order valence-electron chi connectivity index (χ2n) is 16.0. The fraction of sp³-hybridized carbons (Fsp3) is 0.850. The first-order valence-electron chi connectivity index (χ1n) is 20.2. The van der Waals surface area contributed by atoms with E-state index in [1.54, 1.807) is 7.11 Å². The Balaban J connectivity index is 2.01. The zero-order valence-corrected chi connectivity index (χ0v) is 35.9. The minimum Gasteiger partial charge on any atom is -0.497 e. The van der Waals surface area contributed by atoms with E-state index in [1.165, 1.54) is 0 Å². The summed E-state index contributed by atoms with van der Waals surface area (Å²) in [6, 6.07) is 6.65. The van der Waals surface area contributed by atoms with Gasteiger partial charge in [0, 0.05) is 24.7 Å². The van der Waals surface area contributed by atoms with Crippen LogP contribution in [0.2, 0.25) is 18.1 Å². The summed E-state index contributed by atoms with van der Waals surface area (Å²) in [5.74, 6) is 1.06. The third kappa shape index (κ3) is 12.6. The highest BCUT2D eigenvalue weighted by Gasteiger charge is 2.54. The lowest BCUT2D eigenvalue weighted by atomic mass is 9.95. The van der Waals surface area contributed by atoms with E-state index >= 15 is 0 Å². The van der Waals surface area contributed by atoms with E-state index < -0.39 is 69.7 Å². The van der Waals surface area contributed by atoms with Gasteiger partial charge in [0.2, 0.25) is 0 Å². The van der Waals surface area contributed by atoms with E-state index in [2.05, 4.69) is 71.6 Å². The van der Waals surface area contributed by atoms with Crippen molar-refractivity contribution >= 4 is 8.32 Å². The Kier molecular flexibility index (Phi) is 19.7. The smallest absolute Gasteiger partial charge is 0.196 e. The van der Waals surface area contributed by atoms with Gasteiger partial charge < -0.3 is 47.4 Å². The lowest BCUT2D eigenvalue weighted by Crippen LogP contribution is -2.65. The maximum absolute atomic E-state index is 12.0. The van der Waals surface area contributed by atoms with Crippen LogP contribution in [0.3, 0.4) is 0 Å². The number of methoxy groups -OCH3 is 1. The molecule has 1 N–H and O–H groups in total. The van der Waals surface area contributed by atoms with Crippen molar-refractivity contribution in [2.24, 2.45) is 11.0 Å². The Bertz CT molecular complexity index is 1250. The van der Waals surface area contributed by atoms with Crippen LogP contribution >= 0.6 is 0 Å². The number of rotatable bonds is 24. The molecule has 14 heteroatoms. The number of azide groups is 1. The maximum Gasteiger partial charge on any atom is 0.196 e. The van der Waals surface area contributed by atoms with Crippen molar-refractivity contribution < 1.29 is 47.4 Å². The van der Waals surface area contributed by atoms with Crippen molar-refractivity contribution in [1.29, 1.82) is 0 Å². The lowest BCUT2D eigenvalue weighted by Gasteiger charge is -2.51. The van der Waals surface area contributed by atoms with Crippen molar-refractivity contribution in [2.45, 2.75) is 180 Å². The summed E-state index contributed by atoms with van der Waals surface area (Å²) < 4.78 is 57.6. The molecule has 0 saturated carbocycles. The fourth-order valence-electron chi connectivity index (χ4n) is 6.56. The average Bonchev–Trinajstić information content (AvgIpc) is 3.14. The van der Waals surface area contributed by atoms with E-state index in [9.17, 15) is 10.6 Å². The van der Waals surface area contributed by atoms with E-state index in [0.717, 1.165) is 49.8 Å². The molecule has 310 valence electrons. The van der Waals surface area contributed by atoms with Crippen LogP contribution in [0, 0.1) is 5.92 Å². The largest absolute Gasteiger partial charge is 0.497 e. The lowest BCUT2D eigenvalue weighted by molar-refractivity contribution is -0.350. The van der Waals surface area contributed by atoms with E-state index in [-0.39, 0.29) is 18.3 Å². The third-order valence-corrected chi connectivity index (χ3v) is 15.9. The van der Waals surface area contributed by atoms with E-state index in [0.29, 0.717) is 25.7 Å². The summed E-state index contributed by atoms with van der Waals surface area (Å²) in [6.45, 7) is 23.3. The summed E-state index contributed by atoms with van der Waals surface area (Å²) in [5.41, 5.74) is 10.8. The van der Waals surface area contributed by atoms with Gasteiger partial charge in [-0.25, -0.2) is 0 Å². The highest BCUT2D eigenvalue weighted by molar-refractivity contribution is 6.74. The van der Waals surface area contributed by atoms with Crippen LogP contribution in [0.1, 0.15) is 99.5 Å². The van der Waals surface area contributed by atoms with Gasteiger partial charge in [0.25, 0.3) is 0 Å². The van der Waals surface area contributed by atoms with Gasteiger partial charge >= 0.3 is 0 Å². The zero-order valence-electron chi connectivity index (χ0n) is 34.9. The molecule has 1 aromatic carbocycles. The molecular weight excluding hydrogens is 711 g/mol. The molecule has 0 aromatic heterocycles. The van der Waals surface area contributed by atoms with E-state index in [1.807, 2.05) is 31.2 Å². The second-order valence-corrected chi connectivity index (χ2v) is 20.5. The van der Waals surface area contributed by atoms with Gasteiger partial charge in [-0.15, -0.1) is 0 Å². The molecule has 2 aliphatic rings. The maximum atomic E-state index is 12.0. The highest BCUT2D eigenvalue weighted by Crippen LogP contribution is 2.46. The summed E-state index contributed by atoms with van der Waals surface area (Å²) in [4.78, 5) is 3.24. The van der Waals surface area contributed by atoms with Crippen molar-refractivity contribution in [3.63, 3.8) is 0 Å². The Labute approximate surface area is 325 Å². The Morgan fingerprint density at radius 1 is 0.870 bits per heavy atom. The van der Waals surface area contributed by atoms with Crippen LogP contribution in [0.25, 0.3) is 10.4 Å². The number of hydrogen-bond donors (Lipinski definition) is 1. The molecule has 0 bridgehead atoms. The SMILES string of the molecule is CCCCOCC1O[C@@H](OC2C(OCc3ccc(OC)cc3)C(N=[N+]=[N-])[C@@H](O[Si](C)(C)C(C)(C)C(C)C)O[C@H]2C)C(O)C(OCCCC)[C@@H]1OCCCC. The van der Waals surface area contributed by atoms with Crippen molar-refractivity contribution in [3.8, 4) is 5.75 Å². The van der Waals surface area contributed by atoms with Crippen LogP contribution in [-0.2, 0) is 44.2 Å². The standard InChI is InChI=1S/C40H71N3O10Si/c1-12-15-22-46-26-31-35(47-23-16-13-2)37(48-24-17-14-3)33(44)39(51-31)52-34-28(6)50-38(53-54(10,11)40(7,8)27(4)5)32(42-43-41)36(34)49-25-29-18-20-30(45-9)21-19-29/h18-21,27-28,31-39,44H,12-17,22-26H2,1-11H3/t28-,31?,32?,33?,34?,35+,36?,37?,38+,39-/m0/s1. The van der Waals surface area contributed by atoms with Crippen LogP contribution in [-0.4, -0.2) is 108 Å². The predicted octanol–water partition coefficient (Wildman–Crippen LogP) is 8.32. The topological polar surface area (TPSA) is 152 Å². The van der Waals surface area contributed by atoms with Gasteiger partial charge in [0.1, 0.15) is 48.4 Å². The number of unbranched alkanes of at least 4 members (excludes halogenated alkanes) is 3. The predicted molar refractivity (Wildman–Crippen MR) is 211 cm³/mol. The number of hydrogen-bond acceptors (Lipinski definition) is 11. The zero-order chi connectivity index (χ0) is 39.9. The fourth-order valence-corrected chi connectivity index (χ4v) is 9.03. The molecule has 1 aromatic rings. The number of aliphatic hydroxyl groups is 1. The molecule has 0 aliphatic carbocycles. The summed E-state index contributed by atoms with van der Waals surface area (Å²) in [5, 5.41) is 16.1. The van der Waals surface area contributed by atoms with Gasteiger partial charge in [-0.2, -0.15) is 0 Å². The van der Waals surface area contributed by atoms with Crippen molar-refractivity contribution in [1.82, 2.24) is 0 Å². The molecule has 10 atom stereocenters. The van der Waals surface area contributed by atoms with Gasteiger partial charge in [-0.05, 0) is 73.5 Å². The summed E-state index contributed by atoms with van der Waals surface area (Å²) in [6.07, 6.45) is -1.93. The third-order valence-electron chi connectivity index (χ3n) is 11.4. The molecule has 3 rings (SSSR count). The minimum absolute atomic E-state index is 0.135. The monoisotopic (exact) mass is 781 g/mol. The number of benzene rings is 1. The van der Waals surface area contributed by atoms with Gasteiger partial charge in [-0.1, -0.05) is 85.0 Å². The number of ether oxygens (including phenoxy) is 8. The quantitative estimate of drug-likeness (QED) is 0.0356. The molecule has 2 aliphatic heterocycles. The molecule has 2 fully saturated rings. The highest BCUT2D eigenvalue weighted by atomic mass is 28.4. The molecule has 2 saturated heterocycles.